The summed E-state index contributed by atoms with van der Waals surface area (Å²) in [5, 5.41) is 14.1. The van der Waals surface area contributed by atoms with Crippen molar-refractivity contribution in [3.63, 3.8) is 0 Å². The van der Waals surface area contributed by atoms with Crippen LogP contribution >= 0.6 is 0 Å². The fourth-order valence-electron chi connectivity index (χ4n) is 3.86. The summed E-state index contributed by atoms with van der Waals surface area (Å²) in [5.41, 5.74) is 1.26. The summed E-state index contributed by atoms with van der Waals surface area (Å²) in [6.07, 6.45) is 4.31. The first-order valence-corrected chi connectivity index (χ1v) is 9.28. The number of hydrogen-bond donors (Lipinski definition) is 1. The van der Waals surface area contributed by atoms with E-state index in [1.54, 1.807) is 21.8 Å². The van der Waals surface area contributed by atoms with Crippen LogP contribution in [0.2, 0.25) is 0 Å². The van der Waals surface area contributed by atoms with Gasteiger partial charge < -0.3 is 10.0 Å². The maximum absolute atomic E-state index is 13.0. The Morgan fingerprint density at radius 3 is 2.36 bits per heavy atom. The van der Waals surface area contributed by atoms with Crippen molar-refractivity contribution in [3.05, 3.63) is 84.2 Å². The number of aromatic nitrogens is 2. The van der Waals surface area contributed by atoms with Gasteiger partial charge in [0.1, 0.15) is 0 Å². The SMILES string of the molecule is O=C(c1cccc(-n2cccn2)c1)N1CCC(C(=O)O)(c2ccccc2)CC1. The van der Waals surface area contributed by atoms with E-state index >= 15 is 0 Å². The van der Waals surface area contributed by atoms with E-state index in [1.807, 2.05) is 60.8 Å². The van der Waals surface area contributed by atoms with Gasteiger partial charge in [-0.1, -0.05) is 36.4 Å². The monoisotopic (exact) mass is 375 g/mol. The fourth-order valence-corrected chi connectivity index (χ4v) is 3.86. The Morgan fingerprint density at radius 1 is 0.964 bits per heavy atom. The normalized spacial score (nSPS) is 15.9. The number of hydrogen-bond acceptors (Lipinski definition) is 3. The molecule has 1 N–H and O–H groups in total. The molecule has 6 nitrogen and oxygen atoms in total. The minimum absolute atomic E-state index is 0.0824. The molecule has 2 heterocycles. The summed E-state index contributed by atoms with van der Waals surface area (Å²) >= 11 is 0. The van der Waals surface area contributed by atoms with Crippen molar-refractivity contribution in [2.45, 2.75) is 18.3 Å². The number of carboxylic acids is 1. The van der Waals surface area contributed by atoms with Crippen LogP contribution in [0.25, 0.3) is 5.69 Å². The molecule has 0 atom stereocenters. The Bertz CT molecular complexity index is 975. The highest BCUT2D eigenvalue weighted by Crippen LogP contribution is 2.36. The van der Waals surface area contributed by atoms with Crippen molar-refractivity contribution in [2.75, 3.05) is 13.1 Å². The van der Waals surface area contributed by atoms with E-state index in [9.17, 15) is 14.7 Å². The average molecular weight is 375 g/mol. The van der Waals surface area contributed by atoms with Crippen molar-refractivity contribution >= 4 is 11.9 Å². The summed E-state index contributed by atoms with van der Waals surface area (Å²) in [6, 6.07) is 18.5. The molecule has 2 aromatic carbocycles. The summed E-state index contributed by atoms with van der Waals surface area (Å²) in [7, 11) is 0. The first-order valence-electron chi connectivity index (χ1n) is 9.28. The number of carboxylic acid groups (broad SMARTS) is 1. The molecule has 1 saturated heterocycles. The standard InChI is InChI=1S/C22H21N3O3/c26-20(17-6-4-9-19(16-17)25-13-5-12-23-25)24-14-10-22(11-15-24,21(27)28)18-7-2-1-3-8-18/h1-9,12-13,16H,10-11,14-15H2,(H,27,28). The van der Waals surface area contributed by atoms with Crippen LogP contribution in [0, 0.1) is 0 Å². The third kappa shape index (κ3) is 3.17. The molecule has 0 saturated carbocycles. The van der Waals surface area contributed by atoms with Gasteiger partial charge in [0.15, 0.2) is 0 Å². The third-order valence-corrected chi connectivity index (χ3v) is 5.50. The number of piperidine rings is 1. The molecule has 1 aliphatic heterocycles. The Kier molecular flexibility index (Phi) is 4.69. The number of rotatable bonds is 4. The zero-order chi connectivity index (χ0) is 19.6. The van der Waals surface area contributed by atoms with Crippen LogP contribution in [-0.4, -0.2) is 44.8 Å². The molecule has 0 bridgehead atoms. The van der Waals surface area contributed by atoms with E-state index in [-0.39, 0.29) is 5.91 Å². The molecule has 3 aromatic rings. The molecular formula is C22H21N3O3. The maximum Gasteiger partial charge on any atom is 0.314 e. The zero-order valence-corrected chi connectivity index (χ0v) is 15.4. The Labute approximate surface area is 163 Å². The summed E-state index contributed by atoms with van der Waals surface area (Å²) in [4.78, 5) is 26.8. The van der Waals surface area contributed by atoms with Crippen molar-refractivity contribution in [2.24, 2.45) is 0 Å². The van der Waals surface area contributed by atoms with E-state index in [0.29, 0.717) is 31.5 Å². The smallest absolute Gasteiger partial charge is 0.314 e. The van der Waals surface area contributed by atoms with Gasteiger partial charge in [0.25, 0.3) is 5.91 Å². The number of benzene rings is 2. The lowest BCUT2D eigenvalue weighted by molar-refractivity contribution is -0.145. The van der Waals surface area contributed by atoms with E-state index in [4.69, 9.17) is 0 Å². The zero-order valence-electron chi connectivity index (χ0n) is 15.4. The van der Waals surface area contributed by atoms with Crippen LogP contribution in [-0.2, 0) is 10.2 Å². The van der Waals surface area contributed by atoms with Crippen LogP contribution in [0.5, 0.6) is 0 Å². The van der Waals surface area contributed by atoms with Crippen LogP contribution in [0.15, 0.2) is 73.1 Å². The molecule has 4 rings (SSSR count). The predicted octanol–water partition coefficient (Wildman–Crippen LogP) is 3.13. The van der Waals surface area contributed by atoms with Crippen LogP contribution < -0.4 is 0 Å². The molecule has 6 heteroatoms. The molecule has 1 fully saturated rings. The van der Waals surface area contributed by atoms with Crippen LogP contribution in [0.3, 0.4) is 0 Å². The molecule has 1 aromatic heterocycles. The van der Waals surface area contributed by atoms with Gasteiger partial charge in [0, 0.05) is 31.0 Å². The van der Waals surface area contributed by atoms with Gasteiger partial charge in [-0.25, -0.2) is 4.68 Å². The average Bonchev–Trinajstić information content (AvgIpc) is 3.29. The fraction of sp³-hybridized carbons (Fsp3) is 0.227. The Hall–Kier alpha value is -3.41. The maximum atomic E-state index is 13.0. The number of likely N-dealkylation sites (tertiary alicyclic amines) is 1. The van der Waals surface area contributed by atoms with E-state index < -0.39 is 11.4 Å². The van der Waals surface area contributed by atoms with E-state index in [1.165, 1.54) is 0 Å². The number of amides is 1. The van der Waals surface area contributed by atoms with Crippen molar-refractivity contribution in [1.82, 2.24) is 14.7 Å². The molecule has 142 valence electrons. The van der Waals surface area contributed by atoms with Gasteiger partial charge in [0.2, 0.25) is 0 Å². The lowest BCUT2D eigenvalue weighted by Gasteiger charge is -2.39. The molecule has 1 aliphatic rings. The molecule has 28 heavy (non-hydrogen) atoms. The van der Waals surface area contributed by atoms with Gasteiger partial charge in [-0.3, -0.25) is 9.59 Å². The molecule has 1 amide bonds. The molecule has 0 radical (unpaired) electrons. The largest absolute Gasteiger partial charge is 0.481 e. The summed E-state index contributed by atoms with van der Waals surface area (Å²) in [6.45, 7) is 0.818. The minimum atomic E-state index is -0.936. The van der Waals surface area contributed by atoms with Crippen molar-refractivity contribution < 1.29 is 14.7 Å². The highest BCUT2D eigenvalue weighted by Gasteiger charge is 2.43. The minimum Gasteiger partial charge on any atom is -0.481 e. The topological polar surface area (TPSA) is 75.4 Å². The van der Waals surface area contributed by atoms with Gasteiger partial charge >= 0.3 is 5.97 Å². The molecule has 0 spiro atoms. The first-order chi connectivity index (χ1) is 13.6. The first kappa shape index (κ1) is 18.0. The molecule has 0 unspecified atom stereocenters. The Balaban J connectivity index is 1.53. The van der Waals surface area contributed by atoms with Crippen LogP contribution in [0.4, 0.5) is 0 Å². The number of carbonyl (C=O) groups is 2. The lowest BCUT2D eigenvalue weighted by atomic mass is 9.73. The van der Waals surface area contributed by atoms with Gasteiger partial charge in [-0.05, 0) is 42.7 Å². The lowest BCUT2D eigenvalue weighted by Crippen LogP contribution is -2.49. The summed E-state index contributed by atoms with van der Waals surface area (Å²) in [5.74, 6) is -0.910. The number of carbonyl (C=O) groups excluding carboxylic acids is 1. The van der Waals surface area contributed by atoms with Crippen LogP contribution in [0.1, 0.15) is 28.8 Å². The number of nitrogens with zero attached hydrogens (tertiary/aromatic N) is 3. The van der Waals surface area contributed by atoms with Gasteiger partial charge in [-0.2, -0.15) is 5.10 Å². The second-order valence-electron chi connectivity index (χ2n) is 7.05. The van der Waals surface area contributed by atoms with Crippen molar-refractivity contribution in [1.29, 1.82) is 0 Å². The van der Waals surface area contributed by atoms with Gasteiger partial charge in [-0.15, -0.1) is 0 Å². The highest BCUT2D eigenvalue weighted by molar-refractivity contribution is 5.95. The van der Waals surface area contributed by atoms with Crippen molar-refractivity contribution in [3.8, 4) is 5.69 Å². The van der Waals surface area contributed by atoms with E-state index in [0.717, 1.165) is 11.3 Å². The summed E-state index contributed by atoms with van der Waals surface area (Å²) < 4.78 is 1.71. The highest BCUT2D eigenvalue weighted by atomic mass is 16.4. The number of aliphatic carboxylic acids is 1. The van der Waals surface area contributed by atoms with E-state index in [2.05, 4.69) is 5.10 Å². The molecule has 0 aliphatic carbocycles. The second-order valence-corrected chi connectivity index (χ2v) is 7.05. The quantitative estimate of drug-likeness (QED) is 0.760. The second kappa shape index (κ2) is 7.31. The molecular weight excluding hydrogens is 354 g/mol. The Morgan fingerprint density at radius 2 is 1.71 bits per heavy atom. The third-order valence-electron chi connectivity index (χ3n) is 5.50. The van der Waals surface area contributed by atoms with Gasteiger partial charge in [0.05, 0.1) is 11.1 Å². The predicted molar refractivity (Wildman–Crippen MR) is 104 cm³/mol.